The molecule has 0 saturated heterocycles. The number of aromatic amines is 1. The molecule has 0 saturated carbocycles. The van der Waals surface area contributed by atoms with Crippen molar-refractivity contribution in [1.29, 1.82) is 0 Å². The number of fused-ring (bicyclic) bond motifs is 1. The minimum absolute atomic E-state index is 0.234. The van der Waals surface area contributed by atoms with Crippen LogP contribution in [0.4, 0.5) is 0 Å². The van der Waals surface area contributed by atoms with Crippen LogP contribution in [0.15, 0.2) is 18.2 Å². The average molecular weight is 231 g/mol. The van der Waals surface area contributed by atoms with Gasteiger partial charge in [0, 0.05) is 23.0 Å². The monoisotopic (exact) mass is 231 g/mol. The standard InChI is InChI=1S/C14H17NO2/c1-9-5-3-7-12-11(6-4-8-13(16)17)10(2)15-14(9)12/h3,5,7,15H,4,6,8H2,1-2H3,(H,16,17). The number of rotatable bonds is 4. The van der Waals surface area contributed by atoms with E-state index in [0.29, 0.717) is 6.42 Å². The summed E-state index contributed by atoms with van der Waals surface area (Å²) in [5, 5.41) is 9.89. The van der Waals surface area contributed by atoms with Crippen LogP contribution >= 0.6 is 0 Å². The summed E-state index contributed by atoms with van der Waals surface area (Å²) in [5.41, 5.74) is 4.81. The molecule has 0 atom stereocenters. The lowest BCUT2D eigenvalue weighted by molar-refractivity contribution is -0.137. The molecule has 0 fully saturated rings. The first-order valence-electron chi connectivity index (χ1n) is 5.88. The van der Waals surface area contributed by atoms with Gasteiger partial charge in [-0.1, -0.05) is 18.2 Å². The van der Waals surface area contributed by atoms with E-state index < -0.39 is 5.97 Å². The van der Waals surface area contributed by atoms with E-state index in [-0.39, 0.29) is 6.42 Å². The average Bonchev–Trinajstić information content (AvgIpc) is 2.57. The summed E-state index contributed by atoms with van der Waals surface area (Å²) in [7, 11) is 0. The highest BCUT2D eigenvalue weighted by atomic mass is 16.4. The Bertz CT molecular complexity index is 555. The number of nitrogens with one attached hydrogen (secondary N) is 1. The van der Waals surface area contributed by atoms with Gasteiger partial charge in [0.2, 0.25) is 0 Å². The number of carbonyl (C=O) groups is 1. The van der Waals surface area contributed by atoms with Crippen LogP contribution in [0, 0.1) is 13.8 Å². The fourth-order valence-corrected chi connectivity index (χ4v) is 2.29. The van der Waals surface area contributed by atoms with E-state index in [1.54, 1.807) is 0 Å². The Morgan fingerprint density at radius 1 is 1.35 bits per heavy atom. The van der Waals surface area contributed by atoms with Gasteiger partial charge in [-0.15, -0.1) is 0 Å². The first-order valence-corrected chi connectivity index (χ1v) is 5.88. The van der Waals surface area contributed by atoms with Crippen LogP contribution in [-0.2, 0) is 11.2 Å². The number of hydrogen-bond acceptors (Lipinski definition) is 1. The SMILES string of the molecule is Cc1[nH]c2c(C)cccc2c1CCCC(=O)O. The number of benzene rings is 1. The summed E-state index contributed by atoms with van der Waals surface area (Å²) < 4.78 is 0. The van der Waals surface area contributed by atoms with Gasteiger partial charge in [0.25, 0.3) is 0 Å². The molecular formula is C14H17NO2. The Morgan fingerprint density at radius 3 is 2.82 bits per heavy atom. The molecule has 2 aromatic rings. The van der Waals surface area contributed by atoms with E-state index in [1.165, 1.54) is 22.0 Å². The van der Waals surface area contributed by atoms with Gasteiger partial charge in [0.1, 0.15) is 0 Å². The topological polar surface area (TPSA) is 53.1 Å². The Labute approximate surface area is 100 Å². The van der Waals surface area contributed by atoms with Gasteiger partial charge >= 0.3 is 5.97 Å². The molecular weight excluding hydrogens is 214 g/mol. The molecule has 1 aromatic heterocycles. The maximum Gasteiger partial charge on any atom is 0.303 e. The molecule has 0 bridgehead atoms. The Kier molecular flexibility index (Phi) is 3.18. The Balaban J connectivity index is 2.30. The minimum atomic E-state index is -0.723. The molecule has 0 radical (unpaired) electrons. The summed E-state index contributed by atoms with van der Waals surface area (Å²) in [4.78, 5) is 13.9. The Morgan fingerprint density at radius 2 is 2.12 bits per heavy atom. The maximum absolute atomic E-state index is 10.5. The molecule has 0 aliphatic rings. The van der Waals surface area contributed by atoms with E-state index in [0.717, 1.165) is 12.1 Å². The number of carboxylic acid groups (broad SMARTS) is 1. The number of hydrogen-bond donors (Lipinski definition) is 2. The lowest BCUT2D eigenvalue weighted by Gasteiger charge is -2.00. The van der Waals surface area contributed by atoms with Gasteiger partial charge in [-0.05, 0) is 37.8 Å². The number of aliphatic carboxylic acids is 1. The summed E-state index contributed by atoms with van der Waals surface area (Å²) in [6, 6.07) is 6.23. The van der Waals surface area contributed by atoms with Crippen molar-refractivity contribution in [2.75, 3.05) is 0 Å². The quantitative estimate of drug-likeness (QED) is 0.849. The number of H-pyrrole nitrogens is 1. The van der Waals surface area contributed by atoms with Crippen molar-refractivity contribution < 1.29 is 9.90 Å². The number of carboxylic acids is 1. The number of aromatic nitrogens is 1. The molecule has 0 aliphatic carbocycles. The summed E-state index contributed by atoms with van der Waals surface area (Å²) in [6.45, 7) is 4.13. The summed E-state index contributed by atoms with van der Waals surface area (Å²) in [6.07, 6.45) is 1.75. The van der Waals surface area contributed by atoms with Crippen LogP contribution in [0.3, 0.4) is 0 Å². The Hall–Kier alpha value is -1.77. The second kappa shape index (κ2) is 4.62. The van der Waals surface area contributed by atoms with Gasteiger partial charge < -0.3 is 10.1 Å². The van der Waals surface area contributed by atoms with Crippen LogP contribution in [0.2, 0.25) is 0 Å². The molecule has 1 aromatic carbocycles. The van der Waals surface area contributed by atoms with Crippen LogP contribution in [0.1, 0.15) is 29.7 Å². The number of para-hydroxylation sites is 1. The predicted octanol–water partition coefficient (Wildman–Crippen LogP) is 3.19. The van der Waals surface area contributed by atoms with Crippen LogP contribution in [0.25, 0.3) is 10.9 Å². The lowest BCUT2D eigenvalue weighted by Crippen LogP contribution is -1.96. The highest BCUT2D eigenvalue weighted by molar-refractivity contribution is 5.87. The third-order valence-corrected chi connectivity index (χ3v) is 3.18. The second-order valence-electron chi connectivity index (χ2n) is 4.47. The van der Waals surface area contributed by atoms with E-state index in [4.69, 9.17) is 5.11 Å². The fourth-order valence-electron chi connectivity index (χ4n) is 2.29. The summed E-state index contributed by atoms with van der Waals surface area (Å²) in [5.74, 6) is -0.723. The van der Waals surface area contributed by atoms with Crippen molar-refractivity contribution in [3.63, 3.8) is 0 Å². The second-order valence-corrected chi connectivity index (χ2v) is 4.47. The predicted molar refractivity (Wildman–Crippen MR) is 68.3 cm³/mol. The molecule has 90 valence electrons. The third-order valence-electron chi connectivity index (χ3n) is 3.18. The molecule has 1 heterocycles. The molecule has 0 spiro atoms. The van der Waals surface area contributed by atoms with E-state index in [1.807, 2.05) is 6.07 Å². The molecule has 17 heavy (non-hydrogen) atoms. The maximum atomic E-state index is 10.5. The zero-order valence-corrected chi connectivity index (χ0v) is 10.2. The van der Waals surface area contributed by atoms with Crippen LogP contribution in [0.5, 0.6) is 0 Å². The highest BCUT2D eigenvalue weighted by Gasteiger charge is 2.09. The molecule has 0 amide bonds. The largest absolute Gasteiger partial charge is 0.481 e. The van der Waals surface area contributed by atoms with Gasteiger partial charge in [-0.3, -0.25) is 4.79 Å². The zero-order chi connectivity index (χ0) is 12.4. The third kappa shape index (κ3) is 2.33. The molecule has 2 rings (SSSR count). The van der Waals surface area contributed by atoms with Crippen molar-refractivity contribution >= 4 is 16.9 Å². The van der Waals surface area contributed by atoms with Crippen molar-refractivity contribution in [3.05, 3.63) is 35.0 Å². The van der Waals surface area contributed by atoms with Crippen molar-refractivity contribution in [3.8, 4) is 0 Å². The molecule has 0 unspecified atom stereocenters. The van der Waals surface area contributed by atoms with Gasteiger partial charge in [0.05, 0.1) is 0 Å². The van der Waals surface area contributed by atoms with E-state index in [9.17, 15) is 4.79 Å². The first kappa shape index (κ1) is 11.7. The van der Waals surface area contributed by atoms with Crippen LogP contribution < -0.4 is 0 Å². The van der Waals surface area contributed by atoms with Gasteiger partial charge in [0.15, 0.2) is 0 Å². The van der Waals surface area contributed by atoms with E-state index >= 15 is 0 Å². The smallest absolute Gasteiger partial charge is 0.303 e. The first-order chi connectivity index (χ1) is 8.09. The molecule has 3 heteroatoms. The minimum Gasteiger partial charge on any atom is -0.481 e. The van der Waals surface area contributed by atoms with Gasteiger partial charge in [-0.2, -0.15) is 0 Å². The van der Waals surface area contributed by atoms with E-state index in [2.05, 4.69) is 31.0 Å². The van der Waals surface area contributed by atoms with Gasteiger partial charge in [-0.25, -0.2) is 0 Å². The molecule has 0 aliphatic heterocycles. The molecule has 3 nitrogen and oxygen atoms in total. The van der Waals surface area contributed by atoms with Crippen molar-refractivity contribution in [2.45, 2.75) is 33.1 Å². The highest BCUT2D eigenvalue weighted by Crippen LogP contribution is 2.25. The number of aryl methyl sites for hydroxylation is 3. The van der Waals surface area contributed by atoms with Crippen molar-refractivity contribution in [2.24, 2.45) is 0 Å². The zero-order valence-electron chi connectivity index (χ0n) is 10.2. The lowest BCUT2D eigenvalue weighted by atomic mass is 10.0. The van der Waals surface area contributed by atoms with Crippen molar-refractivity contribution in [1.82, 2.24) is 4.98 Å². The fraction of sp³-hybridized carbons (Fsp3) is 0.357. The summed E-state index contributed by atoms with van der Waals surface area (Å²) >= 11 is 0. The molecule has 2 N–H and O–H groups in total. The van der Waals surface area contributed by atoms with Crippen LogP contribution in [-0.4, -0.2) is 16.1 Å². The normalized spacial score (nSPS) is 10.9.